The van der Waals surface area contributed by atoms with Crippen molar-refractivity contribution in [2.45, 2.75) is 0 Å². The molecule has 2 aromatic rings. The Bertz CT molecular complexity index is 687. The lowest BCUT2D eigenvalue weighted by atomic mass is 10.2. The molecule has 0 fully saturated rings. The number of hydrogen-bond donors (Lipinski definition) is 2. The van der Waals surface area contributed by atoms with Gasteiger partial charge in [0.2, 0.25) is 0 Å². The minimum Gasteiger partial charge on any atom is -0.508 e. The number of rotatable bonds is 4. The SMILES string of the molecule is O=[N+]([O-])c1ccccc1Nc1ccc(O)cc1[N+](=O)[O-]. The van der Waals surface area contributed by atoms with Crippen LogP contribution < -0.4 is 5.32 Å². The summed E-state index contributed by atoms with van der Waals surface area (Å²) in [5.74, 6) is -0.259. The molecule has 0 atom stereocenters. The summed E-state index contributed by atoms with van der Waals surface area (Å²) in [5.41, 5.74) is -0.383. The first-order chi connectivity index (χ1) is 9.49. The Morgan fingerprint density at radius 3 is 2.15 bits per heavy atom. The Balaban J connectivity index is 2.45. The molecule has 0 aliphatic carbocycles. The molecular weight excluding hydrogens is 266 g/mol. The summed E-state index contributed by atoms with van der Waals surface area (Å²) in [6.07, 6.45) is 0. The fourth-order valence-corrected chi connectivity index (χ4v) is 1.66. The van der Waals surface area contributed by atoms with E-state index in [1.165, 1.54) is 30.3 Å². The van der Waals surface area contributed by atoms with Gasteiger partial charge in [-0.15, -0.1) is 0 Å². The van der Waals surface area contributed by atoms with E-state index in [2.05, 4.69) is 5.32 Å². The van der Waals surface area contributed by atoms with Gasteiger partial charge in [-0.05, 0) is 18.2 Å². The molecule has 0 heterocycles. The predicted octanol–water partition coefficient (Wildman–Crippen LogP) is 2.95. The van der Waals surface area contributed by atoms with Crippen LogP contribution in [0.1, 0.15) is 0 Å². The Morgan fingerprint density at radius 1 is 0.900 bits per heavy atom. The van der Waals surface area contributed by atoms with Gasteiger partial charge >= 0.3 is 0 Å². The summed E-state index contributed by atoms with van der Waals surface area (Å²) in [5, 5.41) is 33.7. The van der Waals surface area contributed by atoms with Crippen LogP contribution in [0.5, 0.6) is 5.75 Å². The number of benzene rings is 2. The highest BCUT2D eigenvalue weighted by atomic mass is 16.6. The predicted molar refractivity (Wildman–Crippen MR) is 71.1 cm³/mol. The molecule has 0 saturated carbocycles. The minimum absolute atomic E-state index is 0.0575. The number of nitrogens with one attached hydrogen (secondary N) is 1. The van der Waals surface area contributed by atoms with Crippen molar-refractivity contribution in [2.75, 3.05) is 5.32 Å². The van der Waals surface area contributed by atoms with Gasteiger partial charge in [-0.1, -0.05) is 12.1 Å². The molecule has 0 unspecified atom stereocenters. The molecule has 0 aliphatic rings. The Hall–Kier alpha value is -3.16. The highest BCUT2D eigenvalue weighted by Gasteiger charge is 2.18. The lowest BCUT2D eigenvalue weighted by Gasteiger charge is -2.07. The highest BCUT2D eigenvalue weighted by Crippen LogP contribution is 2.33. The van der Waals surface area contributed by atoms with E-state index in [-0.39, 0.29) is 28.5 Å². The number of anilines is 2. The number of nitrogens with zero attached hydrogens (tertiary/aromatic N) is 2. The van der Waals surface area contributed by atoms with E-state index in [0.717, 1.165) is 6.07 Å². The maximum absolute atomic E-state index is 10.9. The average molecular weight is 275 g/mol. The highest BCUT2D eigenvalue weighted by molar-refractivity contribution is 5.75. The maximum Gasteiger partial charge on any atom is 0.296 e. The molecule has 8 nitrogen and oxygen atoms in total. The van der Waals surface area contributed by atoms with Gasteiger partial charge in [-0.3, -0.25) is 20.2 Å². The smallest absolute Gasteiger partial charge is 0.296 e. The van der Waals surface area contributed by atoms with Crippen molar-refractivity contribution in [1.29, 1.82) is 0 Å². The number of hydrogen-bond acceptors (Lipinski definition) is 6. The van der Waals surface area contributed by atoms with Gasteiger partial charge in [0.15, 0.2) is 0 Å². The Kier molecular flexibility index (Phi) is 3.47. The number of nitro benzene ring substituents is 2. The summed E-state index contributed by atoms with van der Waals surface area (Å²) in [6.45, 7) is 0. The minimum atomic E-state index is -0.684. The van der Waals surface area contributed by atoms with Crippen LogP contribution in [-0.2, 0) is 0 Å². The van der Waals surface area contributed by atoms with Crippen molar-refractivity contribution in [3.8, 4) is 5.75 Å². The van der Waals surface area contributed by atoms with Crippen LogP contribution in [0.2, 0.25) is 0 Å². The third-order valence-electron chi connectivity index (χ3n) is 2.55. The van der Waals surface area contributed by atoms with Gasteiger partial charge in [0, 0.05) is 6.07 Å². The van der Waals surface area contributed by atoms with Gasteiger partial charge in [0.05, 0.1) is 15.9 Å². The summed E-state index contributed by atoms with van der Waals surface area (Å²) in [7, 11) is 0. The van der Waals surface area contributed by atoms with Crippen molar-refractivity contribution in [3.63, 3.8) is 0 Å². The van der Waals surface area contributed by atoms with Crippen LogP contribution in [0, 0.1) is 20.2 Å². The van der Waals surface area contributed by atoms with Crippen LogP contribution in [0.15, 0.2) is 42.5 Å². The monoisotopic (exact) mass is 275 g/mol. The number of phenols is 1. The molecule has 0 aliphatic heterocycles. The molecule has 2 rings (SSSR count). The first kappa shape index (κ1) is 13.3. The molecule has 8 heteroatoms. The molecular formula is C12H9N3O5. The number of para-hydroxylation sites is 2. The standard InChI is InChI=1S/C12H9N3O5/c16-8-5-6-10(12(7-8)15(19)20)13-9-3-1-2-4-11(9)14(17)18/h1-7,13,16H. The van der Waals surface area contributed by atoms with E-state index in [9.17, 15) is 25.3 Å². The molecule has 20 heavy (non-hydrogen) atoms. The first-order valence-corrected chi connectivity index (χ1v) is 5.47. The van der Waals surface area contributed by atoms with Crippen molar-refractivity contribution < 1.29 is 15.0 Å². The van der Waals surface area contributed by atoms with Crippen LogP contribution in [0.3, 0.4) is 0 Å². The molecule has 102 valence electrons. The van der Waals surface area contributed by atoms with Crippen molar-refractivity contribution >= 4 is 22.7 Å². The second-order valence-corrected chi connectivity index (χ2v) is 3.86. The largest absolute Gasteiger partial charge is 0.508 e. The van der Waals surface area contributed by atoms with E-state index >= 15 is 0 Å². The summed E-state index contributed by atoms with van der Waals surface area (Å²) in [4.78, 5) is 20.5. The van der Waals surface area contributed by atoms with Crippen molar-refractivity contribution in [3.05, 3.63) is 62.7 Å². The lowest BCUT2D eigenvalue weighted by Crippen LogP contribution is -1.99. The molecule has 0 radical (unpaired) electrons. The van der Waals surface area contributed by atoms with Crippen LogP contribution in [0.4, 0.5) is 22.7 Å². The van der Waals surface area contributed by atoms with Crippen molar-refractivity contribution in [1.82, 2.24) is 0 Å². The average Bonchev–Trinajstić information content (AvgIpc) is 2.41. The maximum atomic E-state index is 10.9. The molecule has 2 aromatic carbocycles. The topological polar surface area (TPSA) is 119 Å². The second kappa shape index (κ2) is 5.22. The third-order valence-corrected chi connectivity index (χ3v) is 2.55. The molecule has 0 bridgehead atoms. The van der Waals surface area contributed by atoms with Gasteiger partial charge < -0.3 is 10.4 Å². The summed E-state index contributed by atoms with van der Waals surface area (Å²) >= 11 is 0. The first-order valence-electron chi connectivity index (χ1n) is 5.47. The van der Waals surface area contributed by atoms with E-state index in [1.54, 1.807) is 6.07 Å². The van der Waals surface area contributed by atoms with Gasteiger partial charge in [0.1, 0.15) is 17.1 Å². The fraction of sp³-hybridized carbons (Fsp3) is 0. The van der Waals surface area contributed by atoms with Crippen LogP contribution in [-0.4, -0.2) is 15.0 Å². The van der Waals surface area contributed by atoms with E-state index in [4.69, 9.17) is 0 Å². The molecule has 0 spiro atoms. The number of aromatic hydroxyl groups is 1. The quantitative estimate of drug-likeness (QED) is 0.503. The van der Waals surface area contributed by atoms with E-state index in [0.29, 0.717) is 0 Å². The van der Waals surface area contributed by atoms with E-state index in [1.807, 2.05) is 0 Å². The zero-order valence-corrected chi connectivity index (χ0v) is 10.0. The van der Waals surface area contributed by atoms with E-state index < -0.39 is 9.85 Å². The molecule has 0 amide bonds. The van der Waals surface area contributed by atoms with Crippen molar-refractivity contribution in [2.24, 2.45) is 0 Å². The Labute approximate surface area is 112 Å². The summed E-state index contributed by atoms with van der Waals surface area (Å²) < 4.78 is 0. The third kappa shape index (κ3) is 2.64. The zero-order chi connectivity index (χ0) is 14.7. The number of nitro groups is 2. The molecule has 0 aromatic heterocycles. The lowest BCUT2D eigenvalue weighted by molar-refractivity contribution is -0.384. The fourth-order valence-electron chi connectivity index (χ4n) is 1.66. The van der Waals surface area contributed by atoms with Gasteiger partial charge in [-0.2, -0.15) is 0 Å². The van der Waals surface area contributed by atoms with Crippen LogP contribution >= 0.6 is 0 Å². The second-order valence-electron chi connectivity index (χ2n) is 3.86. The van der Waals surface area contributed by atoms with Gasteiger partial charge in [-0.25, -0.2) is 0 Å². The zero-order valence-electron chi connectivity index (χ0n) is 10.0. The van der Waals surface area contributed by atoms with Gasteiger partial charge in [0.25, 0.3) is 11.4 Å². The summed E-state index contributed by atoms with van der Waals surface area (Å²) in [6, 6.07) is 9.30. The Morgan fingerprint density at radius 2 is 1.50 bits per heavy atom. The number of phenolic OH excluding ortho intramolecular Hbond substituents is 1. The normalized spacial score (nSPS) is 10.0. The molecule has 2 N–H and O–H groups in total. The van der Waals surface area contributed by atoms with Crippen LogP contribution in [0.25, 0.3) is 0 Å². The molecule has 0 saturated heterocycles.